The van der Waals surface area contributed by atoms with E-state index >= 15 is 0 Å². The second-order valence-corrected chi connectivity index (χ2v) is 6.20. The van der Waals surface area contributed by atoms with E-state index in [1.807, 2.05) is 30.3 Å². The first kappa shape index (κ1) is 17.8. The van der Waals surface area contributed by atoms with Gasteiger partial charge in [-0.3, -0.25) is 4.79 Å². The summed E-state index contributed by atoms with van der Waals surface area (Å²) in [5, 5.41) is 19.9. The molecule has 25 heavy (non-hydrogen) atoms. The highest BCUT2D eigenvalue weighted by Crippen LogP contribution is 2.38. The predicted octanol–water partition coefficient (Wildman–Crippen LogP) is 0.419. The van der Waals surface area contributed by atoms with Crippen LogP contribution in [-0.2, 0) is 34.3 Å². The summed E-state index contributed by atoms with van der Waals surface area (Å²) in [6.45, 7) is 2.87. The molecule has 136 valence electrons. The Kier molecular flexibility index (Phi) is 4.79. The van der Waals surface area contributed by atoms with Gasteiger partial charge in [-0.15, -0.1) is 0 Å². The second kappa shape index (κ2) is 6.72. The van der Waals surface area contributed by atoms with Crippen molar-refractivity contribution in [1.29, 1.82) is 0 Å². The van der Waals surface area contributed by atoms with Crippen molar-refractivity contribution < 1.29 is 38.7 Å². The van der Waals surface area contributed by atoms with Gasteiger partial charge in [0.15, 0.2) is 18.0 Å². The van der Waals surface area contributed by atoms with Crippen LogP contribution < -0.4 is 0 Å². The van der Waals surface area contributed by atoms with E-state index in [1.54, 1.807) is 6.92 Å². The highest BCUT2D eigenvalue weighted by molar-refractivity contribution is 5.74. The number of carbonyl (C=O) groups excluding carboxylic acids is 1. The Morgan fingerprint density at radius 2 is 1.96 bits per heavy atom. The van der Waals surface area contributed by atoms with Gasteiger partial charge in [0.25, 0.3) is 0 Å². The zero-order chi connectivity index (χ0) is 18.2. The fraction of sp³-hybridized carbons (Fsp3) is 0.529. The number of rotatable bonds is 3. The number of aliphatic carboxylic acids is 1. The fourth-order valence-corrected chi connectivity index (χ4v) is 3.16. The molecule has 0 spiro atoms. The molecular formula is C17H20O8. The van der Waals surface area contributed by atoms with Gasteiger partial charge in [-0.2, -0.15) is 0 Å². The molecule has 2 heterocycles. The molecule has 6 atom stereocenters. The first-order chi connectivity index (χ1) is 11.8. The molecular weight excluding hydrogens is 332 g/mol. The molecule has 1 aromatic carbocycles. The van der Waals surface area contributed by atoms with Gasteiger partial charge < -0.3 is 29.2 Å². The van der Waals surface area contributed by atoms with E-state index in [0.717, 1.165) is 12.5 Å². The molecule has 0 amide bonds. The van der Waals surface area contributed by atoms with Gasteiger partial charge in [0, 0.05) is 12.5 Å². The Hall–Kier alpha value is -2.00. The van der Waals surface area contributed by atoms with Crippen LogP contribution in [0.25, 0.3) is 0 Å². The SMILES string of the molecule is CC(=O)O[C@@H]1[C@H](O)[C@H]2O[C@@](C)(c3ccccc3)OC[C@H]2O[C@H]1C(=O)O. The monoisotopic (exact) mass is 352 g/mol. The van der Waals surface area contributed by atoms with E-state index in [2.05, 4.69) is 0 Å². The van der Waals surface area contributed by atoms with Gasteiger partial charge in [-0.05, 0) is 6.92 Å². The number of carboxylic acid groups (broad SMARTS) is 1. The van der Waals surface area contributed by atoms with Crippen molar-refractivity contribution in [2.75, 3.05) is 6.61 Å². The first-order valence-electron chi connectivity index (χ1n) is 7.92. The Balaban J connectivity index is 1.86. The van der Waals surface area contributed by atoms with Crippen molar-refractivity contribution in [2.45, 2.75) is 50.2 Å². The molecule has 8 nitrogen and oxygen atoms in total. The molecule has 2 aliphatic heterocycles. The minimum Gasteiger partial charge on any atom is -0.479 e. The lowest BCUT2D eigenvalue weighted by molar-refractivity contribution is -0.367. The Bertz CT molecular complexity index is 647. The van der Waals surface area contributed by atoms with Gasteiger partial charge >= 0.3 is 11.9 Å². The van der Waals surface area contributed by atoms with Crippen molar-refractivity contribution in [3.63, 3.8) is 0 Å². The summed E-state index contributed by atoms with van der Waals surface area (Å²) in [7, 11) is 0. The minimum absolute atomic E-state index is 0.0314. The summed E-state index contributed by atoms with van der Waals surface area (Å²) >= 11 is 0. The van der Waals surface area contributed by atoms with E-state index in [-0.39, 0.29) is 6.61 Å². The second-order valence-electron chi connectivity index (χ2n) is 6.20. The molecule has 2 fully saturated rings. The largest absolute Gasteiger partial charge is 0.479 e. The summed E-state index contributed by atoms with van der Waals surface area (Å²) in [6, 6.07) is 9.15. The highest BCUT2D eigenvalue weighted by Gasteiger charge is 2.55. The Morgan fingerprint density at radius 1 is 1.28 bits per heavy atom. The van der Waals surface area contributed by atoms with Gasteiger partial charge in [0.2, 0.25) is 0 Å². The van der Waals surface area contributed by atoms with Crippen molar-refractivity contribution in [3.8, 4) is 0 Å². The van der Waals surface area contributed by atoms with Crippen molar-refractivity contribution >= 4 is 11.9 Å². The lowest BCUT2D eigenvalue weighted by Gasteiger charge is -2.49. The zero-order valence-corrected chi connectivity index (χ0v) is 13.8. The number of benzene rings is 1. The van der Waals surface area contributed by atoms with Gasteiger partial charge in [-0.1, -0.05) is 30.3 Å². The molecule has 2 aliphatic rings. The van der Waals surface area contributed by atoms with Crippen molar-refractivity contribution in [2.24, 2.45) is 0 Å². The van der Waals surface area contributed by atoms with E-state index in [4.69, 9.17) is 18.9 Å². The number of fused-ring (bicyclic) bond motifs is 1. The van der Waals surface area contributed by atoms with Crippen LogP contribution in [0, 0.1) is 0 Å². The number of esters is 1. The first-order valence-corrected chi connectivity index (χ1v) is 7.92. The van der Waals surface area contributed by atoms with Crippen LogP contribution in [0.15, 0.2) is 30.3 Å². The van der Waals surface area contributed by atoms with Crippen LogP contribution >= 0.6 is 0 Å². The maximum absolute atomic E-state index is 11.4. The number of hydrogen-bond donors (Lipinski definition) is 2. The van der Waals surface area contributed by atoms with Crippen molar-refractivity contribution in [1.82, 2.24) is 0 Å². The number of aliphatic hydroxyl groups is 1. The Morgan fingerprint density at radius 3 is 2.56 bits per heavy atom. The van der Waals surface area contributed by atoms with Crippen LogP contribution in [0.4, 0.5) is 0 Å². The lowest BCUT2D eigenvalue weighted by atomic mass is 9.92. The third kappa shape index (κ3) is 3.38. The van der Waals surface area contributed by atoms with Gasteiger partial charge in [0.05, 0.1) is 6.61 Å². The summed E-state index contributed by atoms with van der Waals surface area (Å²) in [4.78, 5) is 22.7. The number of aliphatic hydroxyl groups excluding tert-OH is 1. The van der Waals surface area contributed by atoms with E-state index < -0.39 is 48.2 Å². The highest BCUT2D eigenvalue weighted by atomic mass is 16.7. The zero-order valence-electron chi connectivity index (χ0n) is 13.8. The van der Waals surface area contributed by atoms with E-state index in [0.29, 0.717) is 0 Å². The summed E-state index contributed by atoms with van der Waals surface area (Å²) < 4.78 is 22.2. The average molecular weight is 352 g/mol. The average Bonchev–Trinajstić information content (AvgIpc) is 2.58. The summed E-state index contributed by atoms with van der Waals surface area (Å²) in [5.74, 6) is -3.18. The third-order valence-corrected chi connectivity index (χ3v) is 4.39. The number of carbonyl (C=O) groups is 2. The quantitative estimate of drug-likeness (QED) is 0.753. The molecule has 0 aliphatic carbocycles. The van der Waals surface area contributed by atoms with Gasteiger partial charge in [0.1, 0.15) is 18.3 Å². The molecule has 0 aromatic heterocycles. The number of ether oxygens (including phenoxy) is 4. The summed E-state index contributed by atoms with van der Waals surface area (Å²) in [5.41, 5.74) is 0.741. The number of hydrogen-bond acceptors (Lipinski definition) is 7. The molecule has 1 aromatic rings. The molecule has 0 bridgehead atoms. The maximum atomic E-state index is 11.4. The van der Waals surface area contributed by atoms with Gasteiger partial charge in [-0.25, -0.2) is 4.79 Å². The van der Waals surface area contributed by atoms with Crippen molar-refractivity contribution in [3.05, 3.63) is 35.9 Å². The van der Waals surface area contributed by atoms with Crippen LogP contribution in [0.2, 0.25) is 0 Å². The fourth-order valence-electron chi connectivity index (χ4n) is 3.16. The summed E-state index contributed by atoms with van der Waals surface area (Å²) in [6.07, 6.45) is -5.92. The molecule has 2 saturated heterocycles. The lowest BCUT2D eigenvalue weighted by Crippen LogP contribution is -2.66. The van der Waals surface area contributed by atoms with Crippen LogP contribution in [0.3, 0.4) is 0 Å². The molecule has 8 heteroatoms. The topological polar surface area (TPSA) is 112 Å². The minimum atomic E-state index is -1.49. The smallest absolute Gasteiger partial charge is 0.336 e. The maximum Gasteiger partial charge on any atom is 0.336 e. The third-order valence-electron chi connectivity index (χ3n) is 4.39. The van der Waals surface area contributed by atoms with E-state index in [9.17, 15) is 19.8 Å². The van der Waals surface area contributed by atoms with Crippen LogP contribution in [0.1, 0.15) is 19.4 Å². The molecule has 0 radical (unpaired) electrons. The van der Waals surface area contributed by atoms with Crippen LogP contribution in [0.5, 0.6) is 0 Å². The number of carboxylic acids is 1. The normalized spacial score (nSPS) is 37.8. The molecule has 0 saturated carbocycles. The molecule has 0 unspecified atom stereocenters. The molecule has 2 N–H and O–H groups in total. The standard InChI is InChI=1S/C17H20O8/c1-9(18)23-14-12(19)13-11(24-15(14)16(20)21)8-22-17(2,25-13)10-6-4-3-5-7-10/h3-7,11-15,19H,8H2,1-2H3,(H,20,21)/t11-,12-,13+,14-,15-,17+/m1/s1. The predicted molar refractivity (Wildman–Crippen MR) is 82.5 cm³/mol. The Labute approximate surface area is 144 Å². The van der Waals surface area contributed by atoms with E-state index in [1.165, 1.54) is 0 Å². The molecule has 3 rings (SSSR count). The van der Waals surface area contributed by atoms with Crippen LogP contribution in [-0.4, -0.2) is 59.3 Å².